The molecular formula is C10H12N6O. The van der Waals surface area contributed by atoms with Crippen molar-refractivity contribution in [2.24, 2.45) is 5.73 Å². The van der Waals surface area contributed by atoms with Gasteiger partial charge in [-0.3, -0.25) is 4.79 Å². The number of nitrogens with one attached hydrogen (secondary N) is 1. The summed E-state index contributed by atoms with van der Waals surface area (Å²) in [6.45, 7) is 1.47. The van der Waals surface area contributed by atoms with Crippen molar-refractivity contribution in [3.8, 4) is 0 Å². The summed E-state index contributed by atoms with van der Waals surface area (Å²) in [6.07, 6.45) is 5.34. The Morgan fingerprint density at radius 1 is 1.41 bits per heavy atom. The van der Waals surface area contributed by atoms with Gasteiger partial charge in [-0.15, -0.1) is 10.2 Å². The molecule has 0 bridgehead atoms. The molecule has 2 aromatic rings. The number of rotatable bonds is 5. The normalized spacial score (nSPS) is 10.1. The first-order valence-electron chi connectivity index (χ1n) is 5.09. The molecule has 17 heavy (non-hydrogen) atoms. The molecule has 0 saturated carbocycles. The summed E-state index contributed by atoms with van der Waals surface area (Å²) in [6, 6.07) is 3.20. The van der Waals surface area contributed by atoms with Crippen LogP contribution in [-0.4, -0.2) is 32.2 Å². The smallest absolute Gasteiger partial charge is 0.269 e. The van der Waals surface area contributed by atoms with Gasteiger partial charge in [0.15, 0.2) is 5.69 Å². The van der Waals surface area contributed by atoms with Gasteiger partial charge in [-0.05, 0) is 12.1 Å². The quantitative estimate of drug-likeness (QED) is 0.749. The van der Waals surface area contributed by atoms with Gasteiger partial charge >= 0.3 is 0 Å². The number of anilines is 1. The zero-order valence-corrected chi connectivity index (χ0v) is 9.08. The first-order chi connectivity index (χ1) is 8.25. The number of nitrogens with two attached hydrogens (primary N) is 1. The summed E-state index contributed by atoms with van der Waals surface area (Å²) in [5.74, 6) is 0.0255. The van der Waals surface area contributed by atoms with Crippen LogP contribution in [0.1, 0.15) is 10.5 Å². The zero-order chi connectivity index (χ0) is 12.1. The van der Waals surface area contributed by atoms with Crippen LogP contribution in [0.4, 0.5) is 5.82 Å². The molecule has 0 atom stereocenters. The van der Waals surface area contributed by atoms with E-state index in [0.717, 1.165) is 6.54 Å². The van der Waals surface area contributed by atoms with Crippen LogP contribution >= 0.6 is 0 Å². The number of primary amides is 1. The van der Waals surface area contributed by atoms with E-state index >= 15 is 0 Å². The molecule has 2 rings (SSSR count). The topological polar surface area (TPSA) is 98.7 Å². The molecular weight excluding hydrogens is 220 g/mol. The fourth-order valence-electron chi connectivity index (χ4n) is 1.29. The highest BCUT2D eigenvalue weighted by atomic mass is 16.1. The molecule has 0 fully saturated rings. The molecule has 7 nitrogen and oxygen atoms in total. The van der Waals surface area contributed by atoms with Gasteiger partial charge in [-0.25, -0.2) is 4.98 Å². The second-order valence-electron chi connectivity index (χ2n) is 3.40. The monoisotopic (exact) mass is 232 g/mol. The summed E-state index contributed by atoms with van der Waals surface area (Å²) in [5, 5.41) is 10.6. The van der Waals surface area contributed by atoms with Gasteiger partial charge in [0.2, 0.25) is 0 Å². The van der Waals surface area contributed by atoms with Crippen LogP contribution in [0, 0.1) is 0 Å². The van der Waals surface area contributed by atoms with E-state index in [2.05, 4.69) is 20.5 Å². The summed E-state index contributed by atoms with van der Waals surface area (Å²) >= 11 is 0. The van der Waals surface area contributed by atoms with E-state index in [1.807, 2.05) is 10.8 Å². The van der Waals surface area contributed by atoms with Crippen LogP contribution in [-0.2, 0) is 6.54 Å². The Labute approximate surface area is 97.7 Å². The highest BCUT2D eigenvalue weighted by Gasteiger charge is 2.02. The number of aromatic nitrogens is 4. The lowest BCUT2D eigenvalue weighted by Gasteiger charge is -2.05. The molecule has 2 aromatic heterocycles. The minimum atomic E-state index is -0.581. The van der Waals surface area contributed by atoms with E-state index in [4.69, 9.17) is 5.73 Å². The average molecular weight is 232 g/mol. The van der Waals surface area contributed by atoms with Crippen molar-refractivity contribution in [1.82, 2.24) is 19.7 Å². The third-order valence-corrected chi connectivity index (χ3v) is 2.15. The minimum absolute atomic E-state index is 0.158. The second-order valence-corrected chi connectivity index (χ2v) is 3.40. The second kappa shape index (κ2) is 5.06. The maximum absolute atomic E-state index is 10.8. The number of hydrogen-bond acceptors (Lipinski definition) is 5. The van der Waals surface area contributed by atoms with Gasteiger partial charge < -0.3 is 15.6 Å². The predicted molar refractivity (Wildman–Crippen MR) is 61.3 cm³/mol. The molecule has 0 radical (unpaired) electrons. The Bertz CT molecular complexity index is 478. The Kier molecular flexibility index (Phi) is 3.29. The van der Waals surface area contributed by atoms with Crippen LogP contribution in [0.15, 0.2) is 30.9 Å². The summed E-state index contributed by atoms with van der Waals surface area (Å²) in [7, 11) is 0. The molecule has 2 heterocycles. The number of carbonyl (C=O) groups is 1. The largest absolute Gasteiger partial charge is 0.367 e. The fraction of sp³-hybridized carbons (Fsp3) is 0.200. The lowest BCUT2D eigenvalue weighted by atomic mass is 10.4. The molecule has 0 spiro atoms. The van der Waals surface area contributed by atoms with E-state index in [9.17, 15) is 4.79 Å². The molecule has 88 valence electrons. The highest BCUT2D eigenvalue weighted by molar-refractivity contribution is 5.90. The lowest BCUT2D eigenvalue weighted by Crippen LogP contribution is -2.15. The first kappa shape index (κ1) is 11.1. The molecule has 0 aliphatic rings. The van der Waals surface area contributed by atoms with Gasteiger partial charge in [0, 0.05) is 25.5 Å². The van der Waals surface area contributed by atoms with Crippen LogP contribution in [0.25, 0.3) is 0 Å². The van der Waals surface area contributed by atoms with Crippen LogP contribution in [0.2, 0.25) is 0 Å². The molecule has 0 unspecified atom stereocenters. The highest BCUT2D eigenvalue weighted by Crippen LogP contribution is 2.01. The van der Waals surface area contributed by atoms with Crippen molar-refractivity contribution in [3.63, 3.8) is 0 Å². The Hall–Kier alpha value is -2.44. The Balaban J connectivity index is 1.85. The number of hydrogen-bond donors (Lipinski definition) is 2. The number of amides is 1. The van der Waals surface area contributed by atoms with Crippen molar-refractivity contribution in [2.75, 3.05) is 11.9 Å². The van der Waals surface area contributed by atoms with Crippen LogP contribution in [0.3, 0.4) is 0 Å². The van der Waals surface area contributed by atoms with E-state index in [1.54, 1.807) is 18.6 Å². The Morgan fingerprint density at radius 2 is 2.29 bits per heavy atom. The van der Waals surface area contributed by atoms with Crippen molar-refractivity contribution >= 4 is 11.7 Å². The van der Waals surface area contributed by atoms with Gasteiger partial charge in [0.05, 0.1) is 6.33 Å². The third-order valence-electron chi connectivity index (χ3n) is 2.15. The van der Waals surface area contributed by atoms with E-state index in [0.29, 0.717) is 12.4 Å². The summed E-state index contributed by atoms with van der Waals surface area (Å²) < 4.78 is 1.94. The maximum atomic E-state index is 10.8. The van der Waals surface area contributed by atoms with Crippen LogP contribution in [0.5, 0.6) is 0 Å². The molecule has 1 amide bonds. The maximum Gasteiger partial charge on any atom is 0.269 e. The van der Waals surface area contributed by atoms with Crippen molar-refractivity contribution < 1.29 is 4.79 Å². The molecule has 0 aliphatic heterocycles. The number of nitrogens with zero attached hydrogens (tertiary/aromatic N) is 4. The third kappa shape index (κ3) is 3.00. The lowest BCUT2D eigenvalue weighted by molar-refractivity contribution is 0.0994. The van der Waals surface area contributed by atoms with E-state index in [1.165, 1.54) is 6.07 Å². The zero-order valence-electron chi connectivity index (χ0n) is 9.08. The SMILES string of the molecule is NC(=O)c1ccc(NCCn2ccnc2)nn1. The van der Waals surface area contributed by atoms with Crippen molar-refractivity contribution in [3.05, 3.63) is 36.5 Å². The van der Waals surface area contributed by atoms with Crippen molar-refractivity contribution in [1.29, 1.82) is 0 Å². The first-order valence-corrected chi connectivity index (χ1v) is 5.09. The van der Waals surface area contributed by atoms with Gasteiger partial charge in [0.1, 0.15) is 5.82 Å². The van der Waals surface area contributed by atoms with E-state index < -0.39 is 5.91 Å². The fourth-order valence-corrected chi connectivity index (χ4v) is 1.29. The molecule has 0 aromatic carbocycles. The molecule has 0 saturated heterocycles. The van der Waals surface area contributed by atoms with Gasteiger partial charge in [0.25, 0.3) is 5.91 Å². The number of imidazole rings is 1. The average Bonchev–Trinajstić information content (AvgIpc) is 2.83. The predicted octanol–water partition coefficient (Wildman–Crippen LogP) is -0.116. The number of carbonyl (C=O) groups excluding carboxylic acids is 1. The molecule has 3 N–H and O–H groups in total. The van der Waals surface area contributed by atoms with Gasteiger partial charge in [-0.2, -0.15) is 0 Å². The molecule has 0 aliphatic carbocycles. The Morgan fingerprint density at radius 3 is 2.88 bits per heavy atom. The minimum Gasteiger partial charge on any atom is -0.367 e. The van der Waals surface area contributed by atoms with Crippen molar-refractivity contribution in [2.45, 2.75) is 6.54 Å². The molecule has 7 heteroatoms. The van der Waals surface area contributed by atoms with Gasteiger partial charge in [-0.1, -0.05) is 0 Å². The summed E-state index contributed by atoms with van der Waals surface area (Å²) in [4.78, 5) is 14.7. The summed E-state index contributed by atoms with van der Waals surface area (Å²) in [5.41, 5.74) is 5.21. The standard InChI is InChI=1S/C10H12N6O/c11-10(17)8-1-2-9(15-14-8)13-4-6-16-5-3-12-7-16/h1-3,5,7H,4,6H2,(H2,11,17)(H,13,15). The van der Waals surface area contributed by atoms with Crippen LogP contribution < -0.4 is 11.1 Å². The van der Waals surface area contributed by atoms with E-state index in [-0.39, 0.29) is 5.69 Å².